The molecule has 5 heteroatoms. The number of carbonyl (C=O) groups is 2. The number of carbonyl (C=O) groups excluding carboxylic acids is 2. The van der Waals surface area contributed by atoms with Gasteiger partial charge in [-0.15, -0.1) is 0 Å². The Morgan fingerprint density at radius 1 is 1.19 bits per heavy atom. The third kappa shape index (κ3) is 5.32. The Hall–Kier alpha value is -1.88. The normalized spacial score (nSPS) is 19.4. The Balaban J connectivity index is 1.60. The van der Waals surface area contributed by atoms with E-state index >= 15 is 0 Å². The molecule has 1 aliphatic heterocycles. The van der Waals surface area contributed by atoms with E-state index in [0.29, 0.717) is 31.1 Å². The number of rotatable bonds is 5. The van der Waals surface area contributed by atoms with Crippen LogP contribution in [0.2, 0.25) is 0 Å². The number of amides is 2. The van der Waals surface area contributed by atoms with Crippen LogP contribution in [0.4, 0.5) is 0 Å². The van der Waals surface area contributed by atoms with Crippen LogP contribution >= 0.6 is 0 Å². The van der Waals surface area contributed by atoms with Crippen LogP contribution in [0.5, 0.6) is 0 Å². The van der Waals surface area contributed by atoms with Crippen LogP contribution in [-0.4, -0.2) is 58.0 Å². The Labute approximate surface area is 162 Å². The van der Waals surface area contributed by atoms with Gasteiger partial charge >= 0.3 is 0 Å². The predicted octanol–water partition coefficient (Wildman–Crippen LogP) is 3.01. The molecule has 2 aliphatic rings. The Kier molecular flexibility index (Phi) is 6.20. The van der Waals surface area contributed by atoms with Crippen LogP contribution in [-0.2, 0) is 11.2 Å². The van der Waals surface area contributed by atoms with Crippen molar-refractivity contribution < 1.29 is 14.7 Å². The van der Waals surface area contributed by atoms with Gasteiger partial charge in [-0.2, -0.15) is 0 Å². The van der Waals surface area contributed by atoms with Crippen LogP contribution in [0.15, 0.2) is 24.3 Å². The van der Waals surface area contributed by atoms with Gasteiger partial charge < -0.3 is 14.9 Å². The second kappa shape index (κ2) is 8.42. The molecule has 148 valence electrons. The minimum Gasteiger partial charge on any atom is -0.390 e. The number of aliphatic hydroxyl groups is 1. The van der Waals surface area contributed by atoms with Crippen molar-refractivity contribution in [2.75, 3.05) is 19.6 Å². The number of hydrogen-bond acceptors (Lipinski definition) is 3. The largest absolute Gasteiger partial charge is 0.390 e. The average Bonchev–Trinajstić information content (AvgIpc) is 2.66. The first kappa shape index (κ1) is 19.9. The summed E-state index contributed by atoms with van der Waals surface area (Å²) < 4.78 is 0. The second-order valence-electron chi connectivity index (χ2n) is 8.62. The Bertz CT molecular complexity index is 674. The highest BCUT2D eigenvalue weighted by Crippen LogP contribution is 2.24. The highest BCUT2D eigenvalue weighted by molar-refractivity contribution is 5.97. The molecular formula is C22H32N2O3. The maximum absolute atomic E-state index is 12.9. The molecule has 2 fully saturated rings. The summed E-state index contributed by atoms with van der Waals surface area (Å²) in [4.78, 5) is 29.2. The number of aryl methyl sites for hydroxylation is 1. The minimum atomic E-state index is -0.720. The highest BCUT2D eigenvalue weighted by Gasteiger charge is 2.32. The van der Waals surface area contributed by atoms with Gasteiger partial charge in [0.05, 0.1) is 5.60 Å². The Morgan fingerprint density at radius 3 is 2.59 bits per heavy atom. The molecule has 0 bridgehead atoms. The van der Waals surface area contributed by atoms with E-state index in [1.54, 1.807) is 18.7 Å². The third-order valence-corrected chi connectivity index (χ3v) is 5.76. The lowest BCUT2D eigenvalue weighted by Crippen LogP contribution is -2.55. The summed E-state index contributed by atoms with van der Waals surface area (Å²) in [6.07, 6.45) is 7.24. The van der Waals surface area contributed by atoms with Gasteiger partial charge in [-0.3, -0.25) is 9.59 Å². The lowest BCUT2D eigenvalue weighted by molar-refractivity contribution is -0.138. The fourth-order valence-corrected chi connectivity index (χ4v) is 4.13. The molecule has 1 aromatic rings. The van der Waals surface area contributed by atoms with Gasteiger partial charge in [0.2, 0.25) is 5.91 Å². The quantitative estimate of drug-likeness (QED) is 0.864. The van der Waals surface area contributed by atoms with E-state index in [-0.39, 0.29) is 18.4 Å². The molecule has 3 rings (SSSR count). The molecule has 1 heterocycles. The van der Waals surface area contributed by atoms with Crippen molar-refractivity contribution in [3.63, 3.8) is 0 Å². The van der Waals surface area contributed by atoms with Gasteiger partial charge in [0.15, 0.2) is 0 Å². The predicted molar refractivity (Wildman–Crippen MR) is 106 cm³/mol. The first-order valence-corrected chi connectivity index (χ1v) is 10.2. The fraction of sp³-hybridized carbons (Fsp3) is 0.636. The molecule has 0 spiro atoms. The number of piperazine rings is 1. The van der Waals surface area contributed by atoms with Crippen LogP contribution in [0.25, 0.3) is 0 Å². The van der Waals surface area contributed by atoms with Crippen molar-refractivity contribution in [2.45, 2.75) is 70.4 Å². The van der Waals surface area contributed by atoms with E-state index in [0.717, 1.165) is 24.8 Å². The molecule has 1 N–H and O–H groups in total. The first-order chi connectivity index (χ1) is 12.8. The van der Waals surface area contributed by atoms with E-state index in [2.05, 4.69) is 0 Å². The van der Waals surface area contributed by atoms with E-state index < -0.39 is 5.60 Å². The molecule has 27 heavy (non-hydrogen) atoms. The van der Waals surface area contributed by atoms with Crippen molar-refractivity contribution in [1.82, 2.24) is 9.80 Å². The van der Waals surface area contributed by atoms with Gasteiger partial charge in [-0.25, -0.2) is 0 Å². The average molecular weight is 373 g/mol. The summed E-state index contributed by atoms with van der Waals surface area (Å²) >= 11 is 0. The first-order valence-electron chi connectivity index (χ1n) is 10.2. The molecule has 0 aromatic heterocycles. The SMILES string of the molecule is CC(C)(O)CCc1cccc(C(=O)N2CCN(C3CCCCC3)C(=O)C2)c1. The molecule has 2 amide bonds. The molecular weight excluding hydrogens is 340 g/mol. The highest BCUT2D eigenvalue weighted by atomic mass is 16.3. The molecule has 1 saturated heterocycles. The smallest absolute Gasteiger partial charge is 0.254 e. The number of hydrogen-bond donors (Lipinski definition) is 1. The maximum Gasteiger partial charge on any atom is 0.254 e. The van der Waals surface area contributed by atoms with E-state index in [4.69, 9.17) is 0 Å². The summed E-state index contributed by atoms with van der Waals surface area (Å²) in [6, 6.07) is 7.94. The zero-order chi connectivity index (χ0) is 19.4. The van der Waals surface area contributed by atoms with Crippen molar-refractivity contribution in [3.8, 4) is 0 Å². The zero-order valence-electron chi connectivity index (χ0n) is 16.6. The summed E-state index contributed by atoms with van der Waals surface area (Å²) in [5.74, 6) is 0.0106. The molecule has 1 aromatic carbocycles. The lowest BCUT2D eigenvalue weighted by atomic mass is 9.93. The van der Waals surface area contributed by atoms with Crippen LogP contribution < -0.4 is 0 Å². The Morgan fingerprint density at radius 2 is 1.93 bits per heavy atom. The zero-order valence-corrected chi connectivity index (χ0v) is 16.6. The summed E-state index contributed by atoms with van der Waals surface area (Å²) in [5, 5.41) is 9.91. The number of nitrogens with zero attached hydrogens (tertiary/aromatic N) is 2. The van der Waals surface area contributed by atoms with Gasteiger partial charge in [-0.1, -0.05) is 31.4 Å². The molecule has 0 unspecified atom stereocenters. The lowest BCUT2D eigenvalue weighted by Gasteiger charge is -2.40. The molecule has 1 saturated carbocycles. The van der Waals surface area contributed by atoms with Crippen LogP contribution in [0, 0.1) is 0 Å². The standard InChI is InChI=1S/C22H32N2O3/c1-22(2,27)12-11-17-7-6-8-18(15-17)21(26)23-13-14-24(20(25)16-23)19-9-4-3-5-10-19/h6-8,15,19,27H,3-5,9-14,16H2,1-2H3. The van der Waals surface area contributed by atoms with E-state index in [1.165, 1.54) is 19.3 Å². The van der Waals surface area contributed by atoms with E-state index in [1.807, 2.05) is 29.2 Å². The van der Waals surface area contributed by atoms with Crippen molar-refractivity contribution in [3.05, 3.63) is 35.4 Å². The summed E-state index contributed by atoms with van der Waals surface area (Å²) in [6.45, 7) is 5.02. The van der Waals surface area contributed by atoms with Gasteiger partial charge in [0.1, 0.15) is 6.54 Å². The third-order valence-electron chi connectivity index (χ3n) is 5.76. The second-order valence-corrected chi connectivity index (χ2v) is 8.62. The number of benzene rings is 1. The molecule has 1 aliphatic carbocycles. The van der Waals surface area contributed by atoms with Gasteiger partial charge in [0.25, 0.3) is 5.91 Å². The van der Waals surface area contributed by atoms with Crippen molar-refractivity contribution >= 4 is 11.8 Å². The van der Waals surface area contributed by atoms with Crippen molar-refractivity contribution in [2.24, 2.45) is 0 Å². The topological polar surface area (TPSA) is 60.9 Å². The summed E-state index contributed by atoms with van der Waals surface area (Å²) in [7, 11) is 0. The van der Waals surface area contributed by atoms with E-state index in [9.17, 15) is 14.7 Å². The van der Waals surface area contributed by atoms with Crippen LogP contribution in [0.1, 0.15) is 68.3 Å². The molecule has 0 radical (unpaired) electrons. The maximum atomic E-state index is 12.9. The van der Waals surface area contributed by atoms with Gasteiger partial charge in [0, 0.05) is 24.7 Å². The van der Waals surface area contributed by atoms with Crippen molar-refractivity contribution in [1.29, 1.82) is 0 Å². The monoisotopic (exact) mass is 372 g/mol. The molecule has 0 atom stereocenters. The van der Waals surface area contributed by atoms with Gasteiger partial charge in [-0.05, 0) is 57.2 Å². The minimum absolute atomic E-state index is 0.0725. The van der Waals surface area contributed by atoms with Crippen LogP contribution in [0.3, 0.4) is 0 Å². The molecule has 5 nitrogen and oxygen atoms in total. The fourth-order valence-electron chi connectivity index (χ4n) is 4.13. The summed E-state index contributed by atoms with van der Waals surface area (Å²) in [5.41, 5.74) is 0.944.